The van der Waals surface area contributed by atoms with E-state index in [-0.39, 0.29) is 13.0 Å². The molecule has 150 valence electrons. The molecule has 0 aliphatic carbocycles. The molecule has 25 heavy (non-hydrogen) atoms. The van der Waals surface area contributed by atoms with E-state index >= 15 is 0 Å². The third-order valence-electron chi connectivity index (χ3n) is 2.25. The highest BCUT2D eigenvalue weighted by atomic mass is 32.2. The van der Waals surface area contributed by atoms with Gasteiger partial charge in [0, 0.05) is 11.8 Å². The lowest BCUT2D eigenvalue weighted by Crippen LogP contribution is -2.58. The zero-order chi connectivity index (χ0) is 20.3. The highest BCUT2D eigenvalue weighted by Gasteiger charge is 2.78. The smallest absolute Gasteiger partial charge is 0.462 e. The molecule has 0 spiro atoms. The highest BCUT2D eigenvalue weighted by Crippen LogP contribution is 2.54. The number of hydrogen-bond donors (Lipinski definition) is 0. The van der Waals surface area contributed by atoms with Gasteiger partial charge in [-0.3, -0.25) is 4.74 Å². The molecule has 0 saturated heterocycles. The quantitative estimate of drug-likeness (QED) is 0.218. The summed E-state index contributed by atoms with van der Waals surface area (Å²) in [6, 6.07) is 0. The Morgan fingerprint density at radius 1 is 0.880 bits per heavy atom. The third kappa shape index (κ3) is 5.98. The molecule has 0 radical (unpaired) electrons. The second-order valence-corrected chi connectivity index (χ2v) is 6.01. The molecule has 0 aliphatic heterocycles. The van der Waals surface area contributed by atoms with E-state index in [1.807, 2.05) is 0 Å². The first kappa shape index (κ1) is 24.4. The van der Waals surface area contributed by atoms with E-state index in [1.165, 1.54) is 0 Å². The van der Waals surface area contributed by atoms with Crippen LogP contribution in [0.2, 0.25) is 0 Å². The number of alkyl halides is 11. The van der Waals surface area contributed by atoms with Crippen LogP contribution in [0, 0.1) is 0 Å². The van der Waals surface area contributed by atoms with E-state index in [2.05, 4.69) is 21.7 Å². The van der Waals surface area contributed by atoms with Gasteiger partial charge in [0.1, 0.15) is 0 Å². The molecule has 0 aromatic heterocycles. The number of thioether (sulfide) groups is 1. The Labute approximate surface area is 143 Å². The van der Waals surface area contributed by atoms with E-state index in [1.54, 1.807) is 6.92 Å². The van der Waals surface area contributed by atoms with Crippen LogP contribution in [0.1, 0.15) is 19.8 Å². The summed E-state index contributed by atoms with van der Waals surface area (Å²) in [5.41, 5.74) is 0. The molecule has 0 saturated carbocycles. The topological polar surface area (TPSA) is 18.5 Å². The van der Waals surface area contributed by atoms with E-state index in [0.29, 0.717) is 6.42 Å². The maximum Gasteiger partial charge on any atom is 0.462 e. The number of ether oxygens (including phenoxy) is 2. The standard InChI is InChI=1S/C10H9F11O2S2/c1-2-3-4-22-5(24)25-10(21,8(16,17)18)23-9(19,20)6(11,12)7(13,14)15/h2-4H2,1H3. The summed E-state index contributed by atoms with van der Waals surface area (Å²) >= 11 is 2.68. The monoisotopic (exact) mass is 434 g/mol. The molecule has 15 heteroatoms. The van der Waals surface area contributed by atoms with Gasteiger partial charge in [-0.2, -0.15) is 48.3 Å². The molecule has 0 heterocycles. The molecule has 0 amide bonds. The number of hydrogen-bond acceptors (Lipinski definition) is 4. The second kappa shape index (κ2) is 7.98. The van der Waals surface area contributed by atoms with E-state index in [0.717, 1.165) is 0 Å². The van der Waals surface area contributed by atoms with Gasteiger partial charge in [0.05, 0.1) is 6.61 Å². The maximum atomic E-state index is 13.7. The van der Waals surface area contributed by atoms with E-state index < -0.39 is 45.7 Å². The first-order valence-electron chi connectivity index (χ1n) is 6.05. The summed E-state index contributed by atoms with van der Waals surface area (Å²) < 4.78 is 144. The fraction of sp³-hybridized carbons (Fsp3) is 0.900. The Morgan fingerprint density at radius 3 is 1.72 bits per heavy atom. The van der Waals surface area contributed by atoms with Crippen molar-refractivity contribution >= 4 is 28.4 Å². The Kier molecular flexibility index (Phi) is 7.80. The van der Waals surface area contributed by atoms with Crippen molar-refractivity contribution in [2.45, 2.75) is 49.3 Å². The van der Waals surface area contributed by atoms with E-state index in [9.17, 15) is 48.3 Å². The van der Waals surface area contributed by atoms with Gasteiger partial charge < -0.3 is 4.74 Å². The van der Waals surface area contributed by atoms with Crippen LogP contribution in [0.15, 0.2) is 0 Å². The first-order valence-corrected chi connectivity index (χ1v) is 7.27. The number of unbranched alkanes of at least 4 members (excludes halogenated alkanes) is 1. The van der Waals surface area contributed by atoms with Crippen LogP contribution in [-0.4, -0.2) is 40.6 Å². The molecule has 0 aromatic rings. The van der Waals surface area contributed by atoms with Crippen molar-refractivity contribution in [2.24, 2.45) is 0 Å². The van der Waals surface area contributed by atoms with Gasteiger partial charge in [-0.25, -0.2) is 0 Å². The average Bonchev–Trinajstić information content (AvgIpc) is 2.35. The van der Waals surface area contributed by atoms with Crippen LogP contribution in [-0.2, 0) is 9.47 Å². The largest absolute Gasteiger partial charge is 0.478 e. The van der Waals surface area contributed by atoms with Crippen molar-refractivity contribution < 1.29 is 57.8 Å². The number of halogens is 11. The normalized spacial score (nSPS) is 16.5. The van der Waals surface area contributed by atoms with Crippen molar-refractivity contribution in [3.63, 3.8) is 0 Å². The maximum absolute atomic E-state index is 13.7. The highest BCUT2D eigenvalue weighted by molar-refractivity contribution is 8.23. The van der Waals surface area contributed by atoms with Gasteiger partial charge in [-0.1, -0.05) is 13.3 Å². The summed E-state index contributed by atoms with van der Waals surface area (Å²) in [5, 5.41) is -5.71. The Balaban J connectivity index is 5.52. The fourth-order valence-corrected chi connectivity index (χ4v) is 1.99. The van der Waals surface area contributed by atoms with Crippen molar-refractivity contribution in [2.75, 3.05) is 6.61 Å². The summed E-state index contributed by atoms with van der Waals surface area (Å²) in [4.78, 5) is 0. The lowest BCUT2D eigenvalue weighted by atomic mass is 10.3. The SMILES string of the molecule is CCCCOC(=S)SC(F)(OC(F)(F)C(F)(F)C(F)(F)F)C(F)(F)F. The molecule has 0 N–H and O–H groups in total. The summed E-state index contributed by atoms with van der Waals surface area (Å²) in [5.74, 6) is -7.10. The molecule has 1 atom stereocenters. The summed E-state index contributed by atoms with van der Waals surface area (Å²) in [6.45, 7) is 1.24. The molecule has 2 nitrogen and oxygen atoms in total. The van der Waals surface area contributed by atoms with Gasteiger partial charge in [0.15, 0.2) is 0 Å². The average molecular weight is 434 g/mol. The van der Waals surface area contributed by atoms with Gasteiger partial charge >= 0.3 is 29.6 Å². The zero-order valence-corrected chi connectivity index (χ0v) is 13.5. The molecule has 0 aliphatic rings. The minimum atomic E-state index is -7.10. The molecule has 0 aromatic carbocycles. The number of thiocarbonyl (C=S) groups is 1. The fourth-order valence-electron chi connectivity index (χ4n) is 0.967. The van der Waals surface area contributed by atoms with Gasteiger partial charge in [0.2, 0.25) is 4.38 Å². The number of rotatable bonds is 7. The molecule has 0 fully saturated rings. The minimum Gasteiger partial charge on any atom is -0.478 e. The van der Waals surface area contributed by atoms with Crippen LogP contribution < -0.4 is 0 Å². The summed E-state index contributed by atoms with van der Waals surface area (Å²) in [6.07, 6.45) is -19.7. The summed E-state index contributed by atoms with van der Waals surface area (Å²) in [7, 11) is 0. The third-order valence-corrected chi connectivity index (χ3v) is 3.48. The van der Waals surface area contributed by atoms with Crippen LogP contribution in [0.5, 0.6) is 0 Å². The van der Waals surface area contributed by atoms with Gasteiger partial charge in [-0.05, 0) is 18.6 Å². The second-order valence-electron chi connectivity index (χ2n) is 4.28. The predicted octanol–water partition coefficient (Wildman–Crippen LogP) is 5.81. The first-order chi connectivity index (χ1) is 10.9. The van der Waals surface area contributed by atoms with E-state index in [4.69, 9.17) is 0 Å². The van der Waals surface area contributed by atoms with Crippen LogP contribution in [0.3, 0.4) is 0 Å². The minimum absolute atomic E-state index is 0.204. The van der Waals surface area contributed by atoms with Gasteiger partial charge in [-0.15, -0.1) is 0 Å². The molecule has 1 unspecified atom stereocenters. The predicted molar refractivity (Wildman–Crippen MR) is 68.0 cm³/mol. The van der Waals surface area contributed by atoms with Crippen molar-refractivity contribution in [3.8, 4) is 0 Å². The Morgan fingerprint density at radius 2 is 1.36 bits per heavy atom. The Hall–Kier alpha value is -0.570. The lowest BCUT2D eigenvalue weighted by Gasteiger charge is -2.34. The molecule has 0 rings (SSSR count). The lowest BCUT2D eigenvalue weighted by molar-refractivity contribution is -0.464. The Bertz CT molecular complexity index is 463. The van der Waals surface area contributed by atoms with Crippen molar-refractivity contribution in [1.29, 1.82) is 0 Å². The van der Waals surface area contributed by atoms with Crippen LogP contribution in [0.25, 0.3) is 0 Å². The zero-order valence-electron chi connectivity index (χ0n) is 11.9. The molecule has 0 bridgehead atoms. The van der Waals surface area contributed by atoms with Crippen molar-refractivity contribution in [1.82, 2.24) is 0 Å². The van der Waals surface area contributed by atoms with Crippen LogP contribution >= 0.6 is 24.0 Å². The van der Waals surface area contributed by atoms with Crippen molar-refractivity contribution in [3.05, 3.63) is 0 Å². The van der Waals surface area contributed by atoms with Gasteiger partial charge in [0.25, 0.3) is 0 Å². The molecular weight excluding hydrogens is 425 g/mol. The van der Waals surface area contributed by atoms with Crippen LogP contribution in [0.4, 0.5) is 48.3 Å². The molecular formula is C10H9F11O2S2.